The molecule has 2 atom stereocenters. The molecule has 1 aliphatic heterocycles. The average molecular weight is 246 g/mol. The molecule has 1 aromatic rings. The zero-order valence-corrected chi connectivity index (χ0v) is 10.6. The van der Waals surface area contributed by atoms with E-state index >= 15 is 0 Å². The van der Waals surface area contributed by atoms with Gasteiger partial charge in [0, 0.05) is 19.1 Å². The van der Waals surface area contributed by atoms with Crippen LogP contribution in [0.5, 0.6) is 0 Å². The Balaban J connectivity index is 2.02. The van der Waals surface area contributed by atoms with Gasteiger partial charge in [-0.25, -0.2) is 0 Å². The quantitative estimate of drug-likeness (QED) is 0.769. The first-order valence-electron chi connectivity index (χ1n) is 6.53. The molecule has 0 bridgehead atoms. The van der Waals surface area contributed by atoms with Crippen LogP contribution in [0.4, 0.5) is 0 Å². The van der Waals surface area contributed by atoms with Gasteiger partial charge in [0.05, 0.1) is 12.0 Å². The van der Waals surface area contributed by atoms with Crippen LogP contribution in [-0.4, -0.2) is 25.3 Å². The lowest BCUT2D eigenvalue weighted by atomic mass is 9.74. The van der Waals surface area contributed by atoms with Crippen molar-refractivity contribution in [3.8, 4) is 0 Å². The topological polar surface area (TPSA) is 35.5 Å². The number of carbonyl (C=O) groups excluding carboxylic acids is 1. The molecule has 2 fully saturated rings. The number of Topliss-reactive ketones (excluding diaryl/α,β-unsaturated/α-hetero) is 1. The summed E-state index contributed by atoms with van der Waals surface area (Å²) in [4.78, 5) is 12.9. The first-order chi connectivity index (χ1) is 8.74. The number of ether oxygens (including phenoxy) is 2. The van der Waals surface area contributed by atoms with E-state index in [4.69, 9.17) is 9.47 Å². The van der Waals surface area contributed by atoms with E-state index in [2.05, 4.69) is 0 Å². The summed E-state index contributed by atoms with van der Waals surface area (Å²) in [7, 11) is 1.66. The number of ketones is 1. The highest BCUT2D eigenvalue weighted by atomic mass is 16.7. The minimum Gasteiger partial charge on any atom is -0.352 e. The van der Waals surface area contributed by atoms with Crippen molar-refractivity contribution in [1.82, 2.24) is 0 Å². The number of fused-ring (bicyclic) bond motifs is 1. The van der Waals surface area contributed by atoms with Gasteiger partial charge < -0.3 is 9.47 Å². The Labute approximate surface area is 107 Å². The summed E-state index contributed by atoms with van der Waals surface area (Å²) in [6, 6.07) is 9.51. The van der Waals surface area contributed by atoms with Crippen molar-refractivity contribution < 1.29 is 14.3 Å². The maximum Gasteiger partial charge on any atom is 0.180 e. The van der Waals surface area contributed by atoms with Crippen molar-refractivity contribution in [3.05, 3.63) is 35.9 Å². The predicted octanol–water partition coefficient (Wildman–Crippen LogP) is 2.80. The van der Waals surface area contributed by atoms with Crippen molar-refractivity contribution in [3.63, 3.8) is 0 Å². The fourth-order valence-corrected chi connectivity index (χ4v) is 3.59. The van der Waals surface area contributed by atoms with Crippen LogP contribution in [0.3, 0.4) is 0 Å². The lowest BCUT2D eigenvalue weighted by molar-refractivity contribution is -0.219. The number of rotatable bonds is 3. The normalized spacial score (nSPS) is 34.5. The highest BCUT2D eigenvalue weighted by molar-refractivity contribution is 6.01. The number of hydrogen-bond acceptors (Lipinski definition) is 3. The van der Waals surface area contributed by atoms with Crippen LogP contribution in [0, 0.1) is 5.41 Å². The van der Waals surface area contributed by atoms with Crippen LogP contribution in [0.2, 0.25) is 0 Å². The lowest BCUT2D eigenvalue weighted by Crippen LogP contribution is -2.47. The third kappa shape index (κ3) is 1.41. The number of hydrogen-bond donors (Lipinski definition) is 0. The van der Waals surface area contributed by atoms with Gasteiger partial charge in [-0.05, 0) is 19.3 Å². The molecule has 3 heteroatoms. The Hall–Kier alpha value is -1.19. The molecule has 0 radical (unpaired) electrons. The Morgan fingerprint density at radius 3 is 2.72 bits per heavy atom. The molecule has 1 saturated heterocycles. The zero-order chi connectivity index (χ0) is 12.6. The minimum absolute atomic E-state index is 0.181. The van der Waals surface area contributed by atoms with Crippen LogP contribution in [-0.2, 0) is 9.47 Å². The molecule has 0 N–H and O–H groups in total. The molecule has 0 aromatic heterocycles. The Kier molecular flexibility index (Phi) is 2.76. The van der Waals surface area contributed by atoms with Crippen molar-refractivity contribution in [2.75, 3.05) is 13.7 Å². The van der Waals surface area contributed by atoms with E-state index in [-0.39, 0.29) is 5.78 Å². The molecule has 3 rings (SSSR count). The van der Waals surface area contributed by atoms with Gasteiger partial charge in [0.25, 0.3) is 0 Å². The monoisotopic (exact) mass is 246 g/mol. The van der Waals surface area contributed by atoms with Gasteiger partial charge in [0.1, 0.15) is 0 Å². The summed E-state index contributed by atoms with van der Waals surface area (Å²) >= 11 is 0. The van der Waals surface area contributed by atoms with Crippen molar-refractivity contribution in [2.45, 2.75) is 31.5 Å². The number of carbonyl (C=O) groups is 1. The molecule has 1 aromatic carbocycles. The molecule has 2 aliphatic rings. The molecule has 18 heavy (non-hydrogen) atoms. The van der Waals surface area contributed by atoms with Crippen molar-refractivity contribution in [1.29, 1.82) is 0 Å². The number of benzene rings is 1. The van der Waals surface area contributed by atoms with Crippen LogP contribution < -0.4 is 0 Å². The van der Waals surface area contributed by atoms with Gasteiger partial charge in [-0.15, -0.1) is 0 Å². The molecular weight excluding hydrogens is 228 g/mol. The summed E-state index contributed by atoms with van der Waals surface area (Å²) in [5.41, 5.74) is 0.301. The Bertz CT molecular complexity index is 442. The summed E-state index contributed by atoms with van der Waals surface area (Å²) in [6.07, 6.45) is 3.46. The van der Waals surface area contributed by atoms with Gasteiger partial charge in [-0.3, -0.25) is 4.79 Å². The highest BCUT2D eigenvalue weighted by Gasteiger charge is 2.64. The SMILES string of the molecule is COC12CCCC1(C(=O)c1ccccc1)CCO2. The second kappa shape index (κ2) is 4.18. The molecule has 96 valence electrons. The molecular formula is C15H18O3. The summed E-state index contributed by atoms with van der Waals surface area (Å²) in [5.74, 6) is -0.500. The zero-order valence-electron chi connectivity index (χ0n) is 10.6. The molecule has 1 saturated carbocycles. The van der Waals surface area contributed by atoms with E-state index in [1.807, 2.05) is 30.3 Å². The van der Waals surface area contributed by atoms with Gasteiger partial charge in [0.15, 0.2) is 11.6 Å². The van der Waals surface area contributed by atoms with Gasteiger partial charge >= 0.3 is 0 Å². The van der Waals surface area contributed by atoms with Crippen LogP contribution in [0.15, 0.2) is 30.3 Å². The van der Waals surface area contributed by atoms with Gasteiger partial charge in [0.2, 0.25) is 0 Å². The molecule has 1 aliphatic carbocycles. The van der Waals surface area contributed by atoms with Crippen LogP contribution >= 0.6 is 0 Å². The maximum atomic E-state index is 12.9. The fourth-order valence-electron chi connectivity index (χ4n) is 3.59. The van der Waals surface area contributed by atoms with Gasteiger partial charge in [-0.2, -0.15) is 0 Å². The van der Waals surface area contributed by atoms with Crippen LogP contribution in [0.1, 0.15) is 36.0 Å². The summed E-state index contributed by atoms with van der Waals surface area (Å²) < 4.78 is 11.4. The lowest BCUT2D eigenvalue weighted by Gasteiger charge is -2.36. The first kappa shape index (κ1) is 11.9. The van der Waals surface area contributed by atoms with E-state index < -0.39 is 11.2 Å². The highest BCUT2D eigenvalue weighted by Crippen LogP contribution is 2.57. The minimum atomic E-state index is -0.681. The van der Waals surface area contributed by atoms with E-state index in [1.165, 1.54) is 0 Å². The molecule has 0 amide bonds. The molecule has 2 unspecified atom stereocenters. The van der Waals surface area contributed by atoms with E-state index in [0.29, 0.717) is 6.61 Å². The fraction of sp³-hybridized carbons (Fsp3) is 0.533. The molecule has 0 spiro atoms. The molecule has 1 heterocycles. The van der Waals surface area contributed by atoms with Crippen molar-refractivity contribution >= 4 is 5.78 Å². The van der Waals surface area contributed by atoms with Crippen LogP contribution in [0.25, 0.3) is 0 Å². The third-order valence-electron chi connectivity index (χ3n) is 4.50. The van der Waals surface area contributed by atoms with E-state index in [1.54, 1.807) is 7.11 Å². The maximum absolute atomic E-state index is 12.9. The van der Waals surface area contributed by atoms with Crippen molar-refractivity contribution in [2.24, 2.45) is 5.41 Å². The largest absolute Gasteiger partial charge is 0.352 e. The van der Waals surface area contributed by atoms with E-state index in [9.17, 15) is 4.79 Å². The first-order valence-corrected chi connectivity index (χ1v) is 6.53. The molecule has 3 nitrogen and oxygen atoms in total. The summed E-state index contributed by atoms with van der Waals surface area (Å²) in [6.45, 7) is 0.617. The average Bonchev–Trinajstić information content (AvgIpc) is 2.94. The second-order valence-corrected chi connectivity index (χ2v) is 5.19. The Morgan fingerprint density at radius 2 is 2.00 bits per heavy atom. The van der Waals surface area contributed by atoms with E-state index in [0.717, 1.165) is 31.2 Å². The Morgan fingerprint density at radius 1 is 1.22 bits per heavy atom. The second-order valence-electron chi connectivity index (χ2n) is 5.19. The standard InChI is InChI=1S/C15H18O3/c1-17-15-9-5-8-14(15,10-11-18-15)13(16)12-6-3-2-4-7-12/h2-4,6-7H,5,8-11H2,1H3. The number of methoxy groups -OCH3 is 1. The van der Waals surface area contributed by atoms with Gasteiger partial charge in [-0.1, -0.05) is 30.3 Å². The third-order valence-corrected chi connectivity index (χ3v) is 4.50. The summed E-state index contributed by atoms with van der Waals surface area (Å²) in [5, 5.41) is 0. The smallest absolute Gasteiger partial charge is 0.180 e. The predicted molar refractivity (Wildman–Crippen MR) is 67.4 cm³/mol.